The van der Waals surface area contributed by atoms with Gasteiger partial charge in [-0.15, -0.1) is 0 Å². The fourth-order valence-corrected chi connectivity index (χ4v) is 1.32. The van der Waals surface area contributed by atoms with E-state index < -0.39 is 5.97 Å². The fourth-order valence-electron chi connectivity index (χ4n) is 1.32. The number of hydrogen-bond donors (Lipinski definition) is 1. The molecule has 0 saturated heterocycles. The third kappa shape index (κ3) is 2.70. The van der Waals surface area contributed by atoms with Crippen LogP contribution in [-0.4, -0.2) is 24.5 Å². The van der Waals surface area contributed by atoms with Crippen molar-refractivity contribution >= 4 is 18.3 Å². The molecule has 1 aromatic carbocycles. The van der Waals surface area contributed by atoms with Crippen LogP contribution in [0.3, 0.4) is 0 Å². The molecule has 0 unspecified atom stereocenters. The molecular weight excluding hydrogens is 208 g/mol. The molecule has 0 aliphatic carbocycles. The third-order valence-corrected chi connectivity index (χ3v) is 2.15. The second-order valence-electron chi connectivity index (χ2n) is 3.24. The normalized spacial score (nSPS) is 10.4. The highest BCUT2D eigenvalue weighted by atomic mass is 16.5. The second-order valence-corrected chi connectivity index (χ2v) is 3.24. The van der Waals surface area contributed by atoms with Crippen LogP contribution >= 0.6 is 0 Å². The topological polar surface area (TPSA) is 63.6 Å². The van der Waals surface area contributed by atoms with Gasteiger partial charge in [0.05, 0.1) is 7.11 Å². The van der Waals surface area contributed by atoms with Gasteiger partial charge in [-0.25, -0.2) is 4.79 Å². The first-order valence-electron chi connectivity index (χ1n) is 4.63. The average molecular weight is 220 g/mol. The minimum Gasteiger partial charge on any atom is -0.496 e. The molecule has 4 heteroatoms. The van der Waals surface area contributed by atoms with Gasteiger partial charge >= 0.3 is 5.97 Å². The Morgan fingerprint density at radius 1 is 1.38 bits per heavy atom. The van der Waals surface area contributed by atoms with E-state index in [2.05, 4.69) is 0 Å². The van der Waals surface area contributed by atoms with Gasteiger partial charge in [-0.1, -0.05) is 0 Å². The van der Waals surface area contributed by atoms with Gasteiger partial charge in [0.2, 0.25) is 0 Å². The summed E-state index contributed by atoms with van der Waals surface area (Å²) in [6, 6.07) is 3.30. The van der Waals surface area contributed by atoms with Crippen LogP contribution < -0.4 is 4.74 Å². The Bertz CT molecular complexity index is 447. The van der Waals surface area contributed by atoms with Crippen molar-refractivity contribution in [2.75, 3.05) is 7.11 Å². The van der Waals surface area contributed by atoms with E-state index in [1.54, 1.807) is 19.1 Å². The number of carboxylic acids is 1. The number of aryl methyl sites for hydroxylation is 1. The molecule has 0 radical (unpaired) electrons. The summed E-state index contributed by atoms with van der Waals surface area (Å²) in [7, 11) is 1.47. The standard InChI is InChI=1S/C12H12O4/c1-8-5-9(3-4-12(14)15)11(16-2)6-10(8)7-13/h3-7H,1-2H3,(H,14,15)/b4-3+. The lowest BCUT2D eigenvalue weighted by atomic mass is 10.0. The van der Waals surface area contributed by atoms with Crippen molar-refractivity contribution in [1.29, 1.82) is 0 Å². The molecule has 0 bridgehead atoms. The molecule has 0 aliphatic heterocycles. The summed E-state index contributed by atoms with van der Waals surface area (Å²) in [6.45, 7) is 1.78. The number of carbonyl (C=O) groups excluding carboxylic acids is 1. The Balaban J connectivity index is 3.23. The molecule has 0 heterocycles. The summed E-state index contributed by atoms with van der Waals surface area (Å²) in [5.41, 5.74) is 1.94. The maximum Gasteiger partial charge on any atom is 0.328 e. The van der Waals surface area contributed by atoms with Crippen molar-refractivity contribution < 1.29 is 19.4 Å². The molecule has 0 fully saturated rings. The summed E-state index contributed by atoms with van der Waals surface area (Å²) >= 11 is 0. The zero-order valence-electron chi connectivity index (χ0n) is 9.06. The maximum absolute atomic E-state index is 10.7. The Hall–Kier alpha value is -2.10. The van der Waals surface area contributed by atoms with Crippen molar-refractivity contribution in [1.82, 2.24) is 0 Å². The summed E-state index contributed by atoms with van der Waals surface area (Å²) in [5, 5.41) is 8.52. The largest absolute Gasteiger partial charge is 0.496 e. The quantitative estimate of drug-likeness (QED) is 0.622. The highest BCUT2D eigenvalue weighted by Gasteiger charge is 2.05. The third-order valence-electron chi connectivity index (χ3n) is 2.15. The average Bonchev–Trinajstić information content (AvgIpc) is 2.26. The van der Waals surface area contributed by atoms with Gasteiger partial charge in [0, 0.05) is 17.2 Å². The van der Waals surface area contributed by atoms with Crippen LogP contribution in [0.5, 0.6) is 5.75 Å². The lowest BCUT2D eigenvalue weighted by molar-refractivity contribution is -0.131. The Kier molecular flexibility index (Phi) is 3.83. The number of rotatable bonds is 4. The Labute approximate surface area is 93.2 Å². The van der Waals surface area contributed by atoms with Crippen LogP contribution in [0.25, 0.3) is 6.08 Å². The minimum atomic E-state index is -1.03. The van der Waals surface area contributed by atoms with Crippen molar-refractivity contribution in [2.45, 2.75) is 6.92 Å². The maximum atomic E-state index is 10.7. The monoisotopic (exact) mass is 220 g/mol. The number of ether oxygens (including phenoxy) is 1. The first-order chi connectivity index (χ1) is 7.58. The second kappa shape index (κ2) is 5.11. The summed E-state index contributed by atoms with van der Waals surface area (Å²) in [5.74, 6) is -0.552. The summed E-state index contributed by atoms with van der Waals surface area (Å²) < 4.78 is 5.07. The van der Waals surface area contributed by atoms with E-state index in [-0.39, 0.29) is 0 Å². The molecular formula is C12H12O4. The van der Waals surface area contributed by atoms with E-state index in [0.29, 0.717) is 16.9 Å². The SMILES string of the molecule is COc1cc(C=O)c(C)cc1/C=C/C(=O)O. The molecule has 1 aromatic rings. The lowest BCUT2D eigenvalue weighted by Gasteiger charge is -2.07. The van der Waals surface area contributed by atoms with Crippen LogP contribution in [0.2, 0.25) is 0 Å². The molecule has 0 spiro atoms. The van der Waals surface area contributed by atoms with Crippen LogP contribution in [-0.2, 0) is 4.79 Å². The van der Waals surface area contributed by atoms with Crippen LogP contribution in [0.1, 0.15) is 21.5 Å². The van der Waals surface area contributed by atoms with Gasteiger partial charge in [0.1, 0.15) is 12.0 Å². The summed E-state index contributed by atoms with van der Waals surface area (Å²) in [6.07, 6.45) is 3.20. The number of hydrogen-bond acceptors (Lipinski definition) is 3. The number of methoxy groups -OCH3 is 1. The smallest absolute Gasteiger partial charge is 0.328 e. The van der Waals surface area contributed by atoms with Crippen LogP contribution in [0.4, 0.5) is 0 Å². The van der Waals surface area contributed by atoms with Crippen molar-refractivity contribution in [3.05, 3.63) is 34.9 Å². The van der Waals surface area contributed by atoms with Crippen LogP contribution in [0.15, 0.2) is 18.2 Å². The van der Waals surface area contributed by atoms with E-state index in [9.17, 15) is 9.59 Å². The fraction of sp³-hybridized carbons (Fsp3) is 0.167. The molecule has 0 saturated carbocycles. The molecule has 0 amide bonds. The molecule has 0 aromatic heterocycles. The number of carbonyl (C=O) groups is 2. The first kappa shape index (κ1) is 12.0. The van der Waals surface area contributed by atoms with Crippen molar-refractivity contribution in [3.63, 3.8) is 0 Å². The van der Waals surface area contributed by atoms with Crippen LogP contribution in [0, 0.1) is 6.92 Å². The lowest BCUT2D eigenvalue weighted by Crippen LogP contribution is -1.94. The highest BCUT2D eigenvalue weighted by Crippen LogP contribution is 2.23. The molecule has 84 valence electrons. The zero-order chi connectivity index (χ0) is 12.1. The van der Waals surface area contributed by atoms with E-state index in [0.717, 1.165) is 17.9 Å². The molecule has 0 atom stereocenters. The predicted octanol–water partition coefficient (Wildman–Crippen LogP) is 1.91. The molecule has 16 heavy (non-hydrogen) atoms. The predicted molar refractivity (Wildman–Crippen MR) is 59.8 cm³/mol. The highest BCUT2D eigenvalue weighted by molar-refractivity contribution is 5.87. The molecule has 1 N–H and O–H groups in total. The number of aldehydes is 1. The zero-order valence-corrected chi connectivity index (χ0v) is 9.06. The van der Waals surface area contributed by atoms with Gasteiger partial charge < -0.3 is 9.84 Å². The first-order valence-corrected chi connectivity index (χ1v) is 4.63. The number of carboxylic acid groups (broad SMARTS) is 1. The van der Waals surface area contributed by atoms with Gasteiger partial charge in [0.25, 0.3) is 0 Å². The molecule has 4 nitrogen and oxygen atoms in total. The van der Waals surface area contributed by atoms with Crippen molar-refractivity contribution in [2.24, 2.45) is 0 Å². The summed E-state index contributed by atoms with van der Waals surface area (Å²) in [4.78, 5) is 21.1. The van der Waals surface area contributed by atoms with E-state index in [1.165, 1.54) is 13.2 Å². The van der Waals surface area contributed by atoms with Crippen molar-refractivity contribution in [3.8, 4) is 5.75 Å². The Morgan fingerprint density at radius 2 is 2.06 bits per heavy atom. The molecule has 0 aliphatic rings. The number of benzene rings is 1. The Morgan fingerprint density at radius 3 is 2.56 bits per heavy atom. The number of aliphatic carboxylic acids is 1. The minimum absolute atomic E-state index is 0.477. The van der Waals surface area contributed by atoms with E-state index in [4.69, 9.17) is 9.84 Å². The van der Waals surface area contributed by atoms with Gasteiger partial charge in [-0.3, -0.25) is 4.79 Å². The molecule has 1 rings (SSSR count). The van der Waals surface area contributed by atoms with Gasteiger partial charge in [-0.05, 0) is 30.7 Å². The van der Waals surface area contributed by atoms with Gasteiger partial charge in [0.15, 0.2) is 0 Å². The van der Waals surface area contributed by atoms with E-state index in [1.807, 2.05) is 0 Å². The van der Waals surface area contributed by atoms with Gasteiger partial charge in [-0.2, -0.15) is 0 Å². The van der Waals surface area contributed by atoms with E-state index >= 15 is 0 Å².